The predicted molar refractivity (Wildman–Crippen MR) is 41.4 cm³/mol. The first kappa shape index (κ1) is 7.97. The molecule has 5 heteroatoms. The van der Waals surface area contributed by atoms with Crippen LogP contribution in [0.5, 0.6) is 0 Å². The summed E-state index contributed by atoms with van der Waals surface area (Å²) in [4.78, 5) is 14.3. The third-order valence-electron chi connectivity index (χ3n) is 1.83. The maximum absolute atomic E-state index is 13.1. The van der Waals surface area contributed by atoms with Gasteiger partial charge in [0.05, 0.1) is 12.7 Å². The highest BCUT2D eigenvalue weighted by molar-refractivity contribution is 5.69. The van der Waals surface area contributed by atoms with Crippen LogP contribution in [-0.4, -0.2) is 17.6 Å². The van der Waals surface area contributed by atoms with Gasteiger partial charge in [-0.25, -0.2) is 9.18 Å². The number of nitrogens with one attached hydrogen (secondary N) is 1. The number of pyridine rings is 1. The van der Waals surface area contributed by atoms with E-state index in [-0.39, 0.29) is 0 Å². The first-order valence-electron chi connectivity index (χ1n) is 3.81. The van der Waals surface area contributed by atoms with Gasteiger partial charge < -0.3 is 10.1 Å². The van der Waals surface area contributed by atoms with E-state index in [9.17, 15) is 9.18 Å². The van der Waals surface area contributed by atoms with Crippen molar-refractivity contribution in [3.8, 4) is 0 Å². The van der Waals surface area contributed by atoms with Crippen LogP contribution in [0.4, 0.5) is 9.18 Å². The fourth-order valence-corrected chi connectivity index (χ4v) is 1.21. The third-order valence-corrected chi connectivity index (χ3v) is 1.83. The van der Waals surface area contributed by atoms with E-state index in [1.54, 1.807) is 0 Å². The number of nitrogens with zero attached hydrogens (tertiary/aromatic N) is 1. The largest absolute Gasteiger partial charge is 0.439 e. The highest BCUT2D eigenvalue weighted by Gasteiger charge is 2.26. The van der Waals surface area contributed by atoms with Crippen molar-refractivity contribution in [1.82, 2.24) is 10.3 Å². The average molecular weight is 182 g/mol. The number of aromatic nitrogens is 1. The van der Waals surface area contributed by atoms with E-state index >= 15 is 0 Å². The van der Waals surface area contributed by atoms with Crippen molar-refractivity contribution >= 4 is 6.09 Å². The summed E-state index contributed by atoms with van der Waals surface area (Å²) in [6.45, 7) is 0.305. The van der Waals surface area contributed by atoms with Crippen molar-refractivity contribution in [2.45, 2.75) is 6.10 Å². The van der Waals surface area contributed by atoms with Gasteiger partial charge in [-0.15, -0.1) is 0 Å². The molecule has 68 valence electrons. The lowest BCUT2D eigenvalue weighted by atomic mass is 10.1. The molecule has 1 atom stereocenters. The zero-order chi connectivity index (χ0) is 9.26. The van der Waals surface area contributed by atoms with Crippen LogP contribution >= 0.6 is 0 Å². The van der Waals surface area contributed by atoms with Gasteiger partial charge in [-0.3, -0.25) is 4.98 Å². The van der Waals surface area contributed by atoms with E-state index in [1.165, 1.54) is 12.3 Å². The Morgan fingerprint density at radius 1 is 1.69 bits per heavy atom. The molecule has 13 heavy (non-hydrogen) atoms. The number of carbonyl (C=O) groups excluding carboxylic acids is 1. The highest BCUT2D eigenvalue weighted by Crippen LogP contribution is 2.22. The molecule has 1 aliphatic heterocycles. The molecule has 1 aliphatic rings. The molecule has 2 heterocycles. The zero-order valence-corrected chi connectivity index (χ0v) is 6.66. The van der Waals surface area contributed by atoms with Gasteiger partial charge in [0.25, 0.3) is 0 Å². The highest BCUT2D eigenvalue weighted by atomic mass is 19.1. The minimum atomic E-state index is -0.532. The number of amides is 1. The Hall–Kier alpha value is -1.65. The number of carbonyl (C=O) groups is 1. The molecule has 1 N–H and O–H groups in total. The van der Waals surface area contributed by atoms with Crippen LogP contribution in [0, 0.1) is 5.82 Å². The Labute approximate surface area is 73.7 Å². The quantitative estimate of drug-likeness (QED) is 0.704. The minimum absolute atomic E-state index is 0.305. The van der Waals surface area contributed by atoms with E-state index in [0.29, 0.717) is 12.1 Å². The van der Waals surface area contributed by atoms with Crippen LogP contribution in [-0.2, 0) is 4.74 Å². The van der Waals surface area contributed by atoms with Crippen LogP contribution in [0.3, 0.4) is 0 Å². The number of alkyl carbamates (subject to hydrolysis) is 1. The maximum Gasteiger partial charge on any atom is 0.407 e. The van der Waals surface area contributed by atoms with E-state index in [0.717, 1.165) is 6.20 Å². The maximum atomic E-state index is 13.1. The standard InChI is InChI=1S/C8H7FN2O2/c9-6-3-10-2-1-5(6)7-4-11-8(12)13-7/h1-3,7H,4H2,(H,11,12). The summed E-state index contributed by atoms with van der Waals surface area (Å²) in [5, 5.41) is 2.45. The van der Waals surface area contributed by atoms with Crippen LogP contribution < -0.4 is 5.32 Å². The summed E-state index contributed by atoms with van der Waals surface area (Å²) >= 11 is 0. The molecule has 0 radical (unpaired) electrons. The van der Waals surface area contributed by atoms with Gasteiger partial charge in [-0.1, -0.05) is 0 Å². The Bertz CT molecular complexity index is 343. The Balaban J connectivity index is 2.26. The minimum Gasteiger partial charge on any atom is -0.439 e. The van der Waals surface area contributed by atoms with Gasteiger partial charge in [0.2, 0.25) is 0 Å². The van der Waals surface area contributed by atoms with Crippen molar-refractivity contribution in [3.05, 3.63) is 29.8 Å². The van der Waals surface area contributed by atoms with Crippen LogP contribution in [0.1, 0.15) is 11.7 Å². The van der Waals surface area contributed by atoms with Crippen molar-refractivity contribution < 1.29 is 13.9 Å². The molecular weight excluding hydrogens is 175 g/mol. The Kier molecular flexibility index (Phi) is 1.84. The molecule has 1 saturated heterocycles. The van der Waals surface area contributed by atoms with Crippen LogP contribution in [0.2, 0.25) is 0 Å². The Morgan fingerprint density at radius 2 is 2.54 bits per heavy atom. The lowest BCUT2D eigenvalue weighted by molar-refractivity contribution is 0.139. The second-order valence-corrected chi connectivity index (χ2v) is 2.67. The Morgan fingerprint density at radius 3 is 3.15 bits per heavy atom. The molecule has 0 spiro atoms. The number of hydrogen-bond donors (Lipinski definition) is 1. The monoisotopic (exact) mass is 182 g/mol. The molecule has 1 aromatic heterocycles. The summed E-state index contributed by atoms with van der Waals surface area (Å²) in [5.41, 5.74) is 0.355. The SMILES string of the molecule is O=C1NCC(c2ccncc2F)O1. The molecule has 1 unspecified atom stereocenters. The van der Waals surface area contributed by atoms with Crippen LogP contribution in [0.15, 0.2) is 18.5 Å². The number of cyclic esters (lactones) is 1. The summed E-state index contributed by atoms with van der Waals surface area (Å²) in [6, 6.07) is 1.50. The molecule has 0 aliphatic carbocycles. The number of rotatable bonds is 1. The van der Waals surface area contributed by atoms with Crippen molar-refractivity contribution in [2.75, 3.05) is 6.54 Å². The second-order valence-electron chi connectivity index (χ2n) is 2.67. The predicted octanol–water partition coefficient (Wildman–Crippen LogP) is 1.00. The fraction of sp³-hybridized carbons (Fsp3) is 0.250. The summed E-state index contributed by atoms with van der Waals surface area (Å²) in [7, 11) is 0. The molecule has 0 aromatic carbocycles. The van der Waals surface area contributed by atoms with Gasteiger partial charge in [-0.2, -0.15) is 0 Å². The van der Waals surface area contributed by atoms with Crippen LogP contribution in [0.25, 0.3) is 0 Å². The van der Waals surface area contributed by atoms with Gasteiger partial charge >= 0.3 is 6.09 Å². The first-order chi connectivity index (χ1) is 6.27. The lowest BCUT2D eigenvalue weighted by Crippen LogP contribution is -2.12. The normalized spacial score (nSPS) is 21.0. The zero-order valence-electron chi connectivity index (χ0n) is 6.66. The van der Waals surface area contributed by atoms with E-state index in [1.807, 2.05) is 0 Å². The number of halogens is 1. The molecule has 1 fully saturated rings. The summed E-state index contributed by atoms with van der Waals surface area (Å²) in [5.74, 6) is -0.455. The summed E-state index contributed by atoms with van der Waals surface area (Å²) < 4.78 is 17.9. The molecule has 2 rings (SSSR count). The molecule has 0 bridgehead atoms. The van der Waals surface area contributed by atoms with Crippen molar-refractivity contribution in [3.63, 3.8) is 0 Å². The second kappa shape index (κ2) is 3.01. The van der Waals surface area contributed by atoms with Gasteiger partial charge in [-0.05, 0) is 6.07 Å². The molecule has 0 saturated carbocycles. The van der Waals surface area contributed by atoms with E-state index in [2.05, 4.69) is 10.3 Å². The number of hydrogen-bond acceptors (Lipinski definition) is 3. The third kappa shape index (κ3) is 1.44. The molecule has 1 aromatic rings. The topological polar surface area (TPSA) is 51.2 Å². The van der Waals surface area contributed by atoms with Crippen molar-refractivity contribution in [2.24, 2.45) is 0 Å². The van der Waals surface area contributed by atoms with E-state index < -0.39 is 18.0 Å². The van der Waals surface area contributed by atoms with Crippen molar-refractivity contribution in [1.29, 1.82) is 0 Å². The smallest absolute Gasteiger partial charge is 0.407 e. The molecule has 4 nitrogen and oxygen atoms in total. The lowest BCUT2D eigenvalue weighted by Gasteiger charge is -2.07. The van der Waals surface area contributed by atoms with Gasteiger partial charge in [0, 0.05) is 11.8 Å². The van der Waals surface area contributed by atoms with E-state index in [4.69, 9.17) is 4.74 Å². The fourth-order valence-electron chi connectivity index (χ4n) is 1.21. The molecule has 1 amide bonds. The summed E-state index contributed by atoms with van der Waals surface area (Å²) in [6.07, 6.45) is 1.52. The molecular formula is C8H7FN2O2. The van der Waals surface area contributed by atoms with Gasteiger partial charge in [0.1, 0.15) is 11.9 Å². The first-order valence-corrected chi connectivity index (χ1v) is 3.81. The average Bonchev–Trinajstić information content (AvgIpc) is 2.53. The van der Waals surface area contributed by atoms with Gasteiger partial charge in [0.15, 0.2) is 0 Å². The number of ether oxygens (including phenoxy) is 1.